The predicted octanol–water partition coefficient (Wildman–Crippen LogP) is 7.58. The van der Waals surface area contributed by atoms with E-state index in [1.807, 2.05) is 72.8 Å². The highest BCUT2D eigenvalue weighted by atomic mass is 35.5. The van der Waals surface area contributed by atoms with Crippen molar-refractivity contribution in [2.45, 2.75) is 19.9 Å². The standard InChI is InChI=1S/C39H30ClN3O3S/c1-3-46-38(45)34-25(2)41-39-43(36(34)28-19-21-30(40)22-20-28)37(44)33(47-39)24-29-23-32(26-13-7-4-8-14-26)42(31-17-11-6-12-18-31)35(29)27-15-9-5-10-16-27/h4-24,36H,3H2,1-2H3/b33-24-/t36-/m1/s1. The van der Waals surface area contributed by atoms with E-state index >= 15 is 0 Å². The highest BCUT2D eigenvalue weighted by Crippen LogP contribution is 2.37. The van der Waals surface area contributed by atoms with Crippen molar-refractivity contribution in [2.24, 2.45) is 4.99 Å². The van der Waals surface area contributed by atoms with E-state index in [0.717, 1.165) is 39.3 Å². The van der Waals surface area contributed by atoms with Crippen LogP contribution in [0, 0.1) is 0 Å². The average molecular weight is 656 g/mol. The molecule has 7 rings (SSSR count). The molecule has 6 aromatic rings. The lowest BCUT2D eigenvalue weighted by Crippen LogP contribution is -2.39. The van der Waals surface area contributed by atoms with Crippen LogP contribution in [0.5, 0.6) is 0 Å². The van der Waals surface area contributed by atoms with Crippen LogP contribution in [0.2, 0.25) is 5.02 Å². The third kappa shape index (κ3) is 5.69. The largest absolute Gasteiger partial charge is 0.463 e. The van der Waals surface area contributed by atoms with E-state index in [9.17, 15) is 9.59 Å². The summed E-state index contributed by atoms with van der Waals surface area (Å²) in [5.74, 6) is -0.498. The van der Waals surface area contributed by atoms with Gasteiger partial charge in [0.15, 0.2) is 4.80 Å². The summed E-state index contributed by atoms with van der Waals surface area (Å²) in [4.78, 5) is 33.0. The van der Waals surface area contributed by atoms with Crippen LogP contribution >= 0.6 is 22.9 Å². The number of esters is 1. The Morgan fingerprint density at radius 1 is 0.894 bits per heavy atom. The van der Waals surface area contributed by atoms with Crippen LogP contribution in [0.25, 0.3) is 34.3 Å². The first-order valence-electron chi connectivity index (χ1n) is 15.3. The number of allylic oxidation sites excluding steroid dienone is 1. The van der Waals surface area contributed by atoms with Crippen molar-refractivity contribution in [1.82, 2.24) is 9.13 Å². The van der Waals surface area contributed by atoms with Crippen LogP contribution < -0.4 is 14.9 Å². The zero-order chi connectivity index (χ0) is 32.5. The minimum atomic E-state index is -0.716. The van der Waals surface area contributed by atoms with Crippen LogP contribution in [0.4, 0.5) is 0 Å². The lowest BCUT2D eigenvalue weighted by molar-refractivity contribution is -0.139. The van der Waals surface area contributed by atoms with E-state index in [4.69, 9.17) is 21.3 Å². The maximum atomic E-state index is 14.5. The summed E-state index contributed by atoms with van der Waals surface area (Å²) in [6.07, 6.45) is 1.94. The van der Waals surface area contributed by atoms with Gasteiger partial charge in [-0.3, -0.25) is 9.36 Å². The average Bonchev–Trinajstić information content (AvgIpc) is 3.62. The Kier molecular flexibility index (Phi) is 8.33. The number of fused-ring (bicyclic) bond motifs is 1. The second-order valence-corrected chi connectivity index (χ2v) is 12.5. The molecule has 1 atom stereocenters. The Balaban J connectivity index is 1.50. The monoisotopic (exact) mass is 655 g/mol. The quantitative estimate of drug-likeness (QED) is 0.167. The fourth-order valence-electron chi connectivity index (χ4n) is 6.09. The molecule has 2 aromatic heterocycles. The molecule has 4 aromatic carbocycles. The van der Waals surface area contributed by atoms with Gasteiger partial charge in [0.1, 0.15) is 0 Å². The molecule has 47 heavy (non-hydrogen) atoms. The van der Waals surface area contributed by atoms with Crippen molar-refractivity contribution in [3.8, 4) is 28.2 Å². The molecule has 0 unspecified atom stereocenters. The summed E-state index contributed by atoms with van der Waals surface area (Å²) in [7, 11) is 0. The van der Waals surface area contributed by atoms with Gasteiger partial charge in [-0.25, -0.2) is 9.79 Å². The summed E-state index contributed by atoms with van der Waals surface area (Å²) in [5.41, 5.74) is 7.25. The Morgan fingerprint density at radius 3 is 2.15 bits per heavy atom. The first kappa shape index (κ1) is 30.4. The number of carbonyl (C=O) groups is 1. The van der Waals surface area contributed by atoms with Gasteiger partial charge in [-0.05, 0) is 66.9 Å². The van der Waals surface area contributed by atoms with Crippen LogP contribution in [0.1, 0.15) is 31.0 Å². The topological polar surface area (TPSA) is 65.6 Å². The summed E-state index contributed by atoms with van der Waals surface area (Å²) in [5, 5.41) is 0.560. The number of carbonyl (C=O) groups excluding carboxylic acids is 1. The number of halogens is 1. The molecular weight excluding hydrogens is 626 g/mol. The number of nitrogens with zero attached hydrogens (tertiary/aromatic N) is 3. The fourth-order valence-corrected chi connectivity index (χ4v) is 7.25. The number of hydrogen-bond acceptors (Lipinski definition) is 5. The van der Waals surface area contributed by atoms with Gasteiger partial charge in [-0.2, -0.15) is 0 Å². The molecular formula is C39H30ClN3O3S. The Bertz CT molecular complexity index is 2300. The lowest BCUT2D eigenvalue weighted by atomic mass is 9.96. The SMILES string of the molecule is CCOC(=O)C1=C(C)N=c2s/c(=C\c3cc(-c4ccccc4)n(-c4ccccc4)c3-c3ccccc3)c(=O)n2[C@@H]1c1ccc(Cl)cc1. The van der Waals surface area contributed by atoms with Crippen LogP contribution in [-0.2, 0) is 9.53 Å². The van der Waals surface area contributed by atoms with E-state index in [2.05, 4.69) is 47.0 Å². The highest BCUT2D eigenvalue weighted by Gasteiger charge is 2.33. The third-order valence-corrected chi connectivity index (χ3v) is 9.39. The van der Waals surface area contributed by atoms with E-state index < -0.39 is 12.0 Å². The van der Waals surface area contributed by atoms with Gasteiger partial charge in [0, 0.05) is 16.3 Å². The van der Waals surface area contributed by atoms with Crippen molar-refractivity contribution in [2.75, 3.05) is 6.61 Å². The van der Waals surface area contributed by atoms with Crippen molar-refractivity contribution in [3.05, 3.63) is 168 Å². The molecule has 0 fully saturated rings. The molecule has 0 N–H and O–H groups in total. The molecule has 1 aliphatic heterocycles. The minimum Gasteiger partial charge on any atom is -0.463 e. The number of ether oxygens (including phenoxy) is 1. The van der Waals surface area contributed by atoms with E-state index in [0.29, 0.717) is 25.6 Å². The normalized spacial score (nSPS) is 14.5. The van der Waals surface area contributed by atoms with Crippen molar-refractivity contribution < 1.29 is 9.53 Å². The van der Waals surface area contributed by atoms with Crippen LogP contribution in [0.3, 0.4) is 0 Å². The van der Waals surface area contributed by atoms with Gasteiger partial charge >= 0.3 is 5.97 Å². The van der Waals surface area contributed by atoms with Crippen LogP contribution in [-0.4, -0.2) is 21.7 Å². The molecule has 0 radical (unpaired) electrons. The molecule has 6 nitrogen and oxygen atoms in total. The maximum Gasteiger partial charge on any atom is 0.338 e. The molecule has 0 amide bonds. The number of benzene rings is 4. The summed E-state index contributed by atoms with van der Waals surface area (Å²) in [6.45, 7) is 3.75. The van der Waals surface area contributed by atoms with Gasteiger partial charge in [0.2, 0.25) is 0 Å². The van der Waals surface area contributed by atoms with Crippen molar-refractivity contribution >= 4 is 35.0 Å². The second-order valence-electron chi connectivity index (χ2n) is 11.1. The van der Waals surface area contributed by atoms with E-state index in [-0.39, 0.29) is 12.2 Å². The number of thiazole rings is 1. The lowest BCUT2D eigenvalue weighted by Gasteiger charge is -2.24. The predicted molar refractivity (Wildman–Crippen MR) is 188 cm³/mol. The molecule has 8 heteroatoms. The van der Waals surface area contributed by atoms with Gasteiger partial charge in [-0.15, -0.1) is 0 Å². The molecule has 3 heterocycles. The van der Waals surface area contributed by atoms with Crippen molar-refractivity contribution in [3.63, 3.8) is 0 Å². The molecule has 232 valence electrons. The summed E-state index contributed by atoms with van der Waals surface area (Å²) >= 11 is 7.53. The number of aromatic nitrogens is 2. The number of hydrogen-bond donors (Lipinski definition) is 0. The molecule has 0 aliphatic carbocycles. The zero-order valence-electron chi connectivity index (χ0n) is 25.8. The zero-order valence-corrected chi connectivity index (χ0v) is 27.3. The van der Waals surface area contributed by atoms with E-state index in [1.54, 1.807) is 30.5 Å². The Labute approximate surface area is 280 Å². The summed E-state index contributed by atoms with van der Waals surface area (Å²) in [6, 6.07) is 39.3. The molecule has 0 bridgehead atoms. The van der Waals surface area contributed by atoms with Crippen molar-refractivity contribution in [1.29, 1.82) is 0 Å². The first-order chi connectivity index (χ1) is 22.9. The molecule has 0 saturated carbocycles. The Morgan fingerprint density at radius 2 is 1.51 bits per heavy atom. The molecule has 0 saturated heterocycles. The fraction of sp³-hybridized carbons (Fsp3) is 0.103. The molecule has 1 aliphatic rings. The number of rotatable bonds is 7. The second kappa shape index (κ2) is 12.9. The van der Waals surface area contributed by atoms with Crippen LogP contribution in [0.15, 0.2) is 142 Å². The van der Waals surface area contributed by atoms with E-state index in [1.165, 1.54) is 11.3 Å². The smallest absolute Gasteiger partial charge is 0.338 e. The number of para-hydroxylation sites is 1. The highest BCUT2D eigenvalue weighted by molar-refractivity contribution is 7.07. The minimum absolute atomic E-state index is 0.206. The molecule has 0 spiro atoms. The Hall–Kier alpha value is -5.24. The third-order valence-electron chi connectivity index (χ3n) is 8.15. The van der Waals surface area contributed by atoms with Gasteiger partial charge < -0.3 is 9.30 Å². The maximum absolute atomic E-state index is 14.5. The van der Waals surface area contributed by atoms with Gasteiger partial charge in [0.25, 0.3) is 5.56 Å². The van der Waals surface area contributed by atoms with Gasteiger partial charge in [-0.1, -0.05) is 114 Å². The first-order valence-corrected chi connectivity index (χ1v) is 16.5. The summed E-state index contributed by atoms with van der Waals surface area (Å²) < 4.78 is 9.79. The van der Waals surface area contributed by atoms with Gasteiger partial charge in [0.05, 0.1) is 39.8 Å².